The van der Waals surface area contributed by atoms with Crippen LogP contribution in [-0.4, -0.2) is 14.8 Å². The van der Waals surface area contributed by atoms with Gasteiger partial charge in [0, 0.05) is 16.1 Å². The lowest BCUT2D eigenvalue weighted by atomic mass is 10.2. The minimum Gasteiger partial charge on any atom is -0.297 e. The molecule has 0 bridgehead atoms. The van der Waals surface area contributed by atoms with Crippen LogP contribution in [0.3, 0.4) is 0 Å². The van der Waals surface area contributed by atoms with Crippen LogP contribution in [0.5, 0.6) is 0 Å². The summed E-state index contributed by atoms with van der Waals surface area (Å²) in [5.74, 6) is -2.48. The standard InChI is InChI=1S/C16H10ClF2N3O2S/c17-11-6-4-9(5-7-11)14(23)20-15-21-16(24)22(25-15)8-10-2-1-3-12(18)13(10)19/h1-7H,8H2,(H,20,21,23,24). The Morgan fingerprint density at radius 2 is 1.92 bits per heavy atom. The lowest BCUT2D eigenvalue weighted by Gasteiger charge is -2.03. The molecule has 3 aromatic rings. The highest BCUT2D eigenvalue weighted by Gasteiger charge is 2.14. The molecule has 1 heterocycles. The largest absolute Gasteiger partial charge is 0.360 e. The molecule has 0 atom stereocenters. The maximum Gasteiger partial charge on any atom is 0.360 e. The molecule has 25 heavy (non-hydrogen) atoms. The molecule has 128 valence electrons. The predicted octanol–water partition coefficient (Wildman–Crippen LogP) is 3.54. The van der Waals surface area contributed by atoms with Crippen LogP contribution in [0.1, 0.15) is 15.9 Å². The minimum atomic E-state index is -1.02. The number of nitrogens with zero attached hydrogens (tertiary/aromatic N) is 2. The van der Waals surface area contributed by atoms with Crippen LogP contribution in [0.4, 0.5) is 13.9 Å². The molecule has 1 aromatic heterocycles. The third kappa shape index (κ3) is 3.92. The third-order valence-electron chi connectivity index (χ3n) is 3.28. The Hall–Kier alpha value is -2.58. The van der Waals surface area contributed by atoms with E-state index in [4.69, 9.17) is 11.6 Å². The fraction of sp³-hybridized carbons (Fsp3) is 0.0625. The Kier molecular flexibility index (Phi) is 4.91. The number of hydrogen-bond acceptors (Lipinski definition) is 4. The van der Waals surface area contributed by atoms with Crippen molar-refractivity contribution >= 4 is 34.2 Å². The predicted molar refractivity (Wildman–Crippen MR) is 91.2 cm³/mol. The van der Waals surface area contributed by atoms with Crippen molar-refractivity contribution in [1.29, 1.82) is 0 Å². The number of nitrogens with one attached hydrogen (secondary N) is 1. The van der Waals surface area contributed by atoms with E-state index >= 15 is 0 Å². The van der Waals surface area contributed by atoms with Crippen molar-refractivity contribution in [3.05, 3.63) is 80.7 Å². The molecule has 0 spiro atoms. The van der Waals surface area contributed by atoms with Crippen LogP contribution in [0.25, 0.3) is 0 Å². The Bertz CT molecular complexity index is 986. The van der Waals surface area contributed by atoms with E-state index < -0.39 is 23.2 Å². The summed E-state index contributed by atoms with van der Waals surface area (Å²) in [7, 11) is 0. The summed E-state index contributed by atoms with van der Waals surface area (Å²) in [6.07, 6.45) is 0. The van der Waals surface area contributed by atoms with Gasteiger partial charge in [0.05, 0.1) is 6.54 Å². The summed E-state index contributed by atoms with van der Waals surface area (Å²) < 4.78 is 28.1. The van der Waals surface area contributed by atoms with Gasteiger partial charge in [-0.25, -0.2) is 17.5 Å². The van der Waals surface area contributed by atoms with Gasteiger partial charge in [0.2, 0.25) is 5.13 Å². The number of anilines is 1. The molecule has 0 fully saturated rings. The summed E-state index contributed by atoms with van der Waals surface area (Å²) in [6, 6.07) is 9.89. The van der Waals surface area contributed by atoms with Gasteiger partial charge >= 0.3 is 5.69 Å². The topological polar surface area (TPSA) is 64.0 Å². The zero-order valence-corrected chi connectivity index (χ0v) is 14.1. The first-order chi connectivity index (χ1) is 11.9. The van der Waals surface area contributed by atoms with Crippen LogP contribution in [-0.2, 0) is 6.54 Å². The SMILES string of the molecule is O=C(Nc1nc(=O)n(Cc2cccc(F)c2F)s1)c1ccc(Cl)cc1. The zero-order valence-electron chi connectivity index (χ0n) is 12.5. The normalized spacial score (nSPS) is 10.7. The second-order valence-electron chi connectivity index (χ2n) is 5.00. The molecule has 3 rings (SSSR count). The molecular weight excluding hydrogens is 372 g/mol. The average Bonchev–Trinajstić information content (AvgIpc) is 2.91. The van der Waals surface area contributed by atoms with Gasteiger partial charge in [-0.1, -0.05) is 23.7 Å². The van der Waals surface area contributed by atoms with Crippen LogP contribution in [0.2, 0.25) is 5.02 Å². The van der Waals surface area contributed by atoms with E-state index in [2.05, 4.69) is 10.3 Å². The summed E-state index contributed by atoms with van der Waals surface area (Å²) in [4.78, 5) is 27.7. The maximum absolute atomic E-state index is 13.7. The minimum absolute atomic E-state index is 0.0151. The summed E-state index contributed by atoms with van der Waals surface area (Å²) in [5, 5.41) is 3.03. The molecule has 0 aliphatic rings. The molecule has 2 aromatic carbocycles. The van der Waals surface area contributed by atoms with Crippen LogP contribution >= 0.6 is 23.1 Å². The second kappa shape index (κ2) is 7.12. The molecule has 0 aliphatic carbocycles. The molecule has 0 unspecified atom stereocenters. The van der Waals surface area contributed by atoms with Crippen LogP contribution in [0, 0.1) is 11.6 Å². The van der Waals surface area contributed by atoms with Crippen molar-refractivity contribution in [2.24, 2.45) is 0 Å². The second-order valence-corrected chi connectivity index (χ2v) is 6.45. The Balaban J connectivity index is 1.78. The molecule has 5 nitrogen and oxygen atoms in total. The van der Waals surface area contributed by atoms with Crippen molar-refractivity contribution in [2.45, 2.75) is 6.54 Å². The first-order valence-corrected chi connectivity index (χ1v) is 8.17. The summed E-state index contributed by atoms with van der Waals surface area (Å²) in [5.41, 5.74) is -0.309. The number of rotatable bonds is 4. The van der Waals surface area contributed by atoms with Gasteiger partial charge in [-0.15, -0.1) is 0 Å². The monoisotopic (exact) mass is 381 g/mol. The molecule has 0 saturated heterocycles. The molecule has 0 aliphatic heterocycles. The first kappa shape index (κ1) is 17.2. The first-order valence-electron chi connectivity index (χ1n) is 7.02. The highest BCUT2D eigenvalue weighted by Crippen LogP contribution is 2.17. The Morgan fingerprint density at radius 1 is 1.20 bits per heavy atom. The number of carbonyl (C=O) groups excluding carboxylic acids is 1. The fourth-order valence-electron chi connectivity index (χ4n) is 2.05. The van der Waals surface area contributed by atoms with E-state index in [9.17, 15) is 18.4 Å². The third-order valence-corrected chi connectivity index (χ3v) is 4.40. The van der Waals surface area contributed by atoms with E-state index in [0.29, 0.717) is 10.6 Å². The van der Waals surface area contributed by atoms with Gasteiger partial charge in [-0.3, -0.25) is 10.1 Å². The molecule has 0 radical (unpaired) electrons. The van der Waals surface area contributed by atoms with E-state index in [0.717, 1.165) is 21.6 Å². The van der Waals surface area contributed by atoms with Crippen molar-refractivity contribution in [1.82, 2.24) is 8.94 Å². The maximum atomic E-state index is 13.7. The highest BCUT2D eigenvalue weighted by molar-refractivity contribution is 7.10. The molecule has 9 heteroatoms. The van der Waals surface area contributed by atoms with Gasteiger partial charge in [-0.05, 0) is 41.9 Å². The quantitative estimate of drug-likeness (QED) is 0.751. The summed E-state index contributed by atoms with van der Waals surface area (Å²) in [6.45, 7) is -0.184. The van der Waals surface area contributed by atoms with Crippen LogP contribution in [0.15, 0.2) is 47.3 Å². The van der Waals surface area contributed by atoms with Crippen molar-refractivity contribution in [3.8, 4) is 0 Å². The average molecular weight is 382 g/mol. The lowest BCUT2D eigenvalue weighted by Crippen LogP contribution is -2.17. The lowest BCUT2D eigenvalue weighted by molar-refractivity contribution is 0.102. The number of carbonyl (C=O) groups is 1. The van der Waals surface area contributed by atoms with Crippen molar-refractivity contribution in [3.63, 3.8) is 0 Å². The molecule has 1 amide bonds. The van der Waals surface area contributed by atoms with E-state index in [1.165, 1.54) is 24.3 Å². The van der Waals surface area contributed by atoms with Crippen molar-refractivity contribution < 1.29 is 13.6 Å². The summed E-state index contributed by atoms with van der Waals surface area (Å²) >= 11 is 6.60. The van der Waals surface area contributed by atoms with E-state index in [1.807, 2.05) is 0 Å². The number of halogens is 3. The van der Waals surface area contributed by atoms with Gasteiger partial charge in [-0.2, -0.15) is 4.98 Å². The Labute approximate surface area is 149 Å². The molecule has 1 N–H and O–H groups in total. The van der Waals surface area contributed by atoms with E-state index in [-0.39, 0.29) is 17.2 Å². The smallest absolute Gasteiger partial charge is 0.297 e. The van der Waals surface area contributed by atoms with E-state index in [1.54, 1.807) is 12.1 Å². The van der Waals surface area contributed by atoms with Gasteiger partial charge in [0.1, 0.15) is 0 Å². The van der Waals surface area contributed by atoms with Crippen LogP contribution < -0.4 is 11.0 Å². The van der Waals surface area contributed by atoms with Gasteiger partial charge < -0.3 is 0 Å². The highest BCUT2D eigenvalue weighted by atomic mass is 35.5. The number of aromatic nitrogens is 2. The van der Waals surface area contributed by atoms with Gasteiger partial charge in [0.15, 0.2) is 11.6 Å². The number of amides is 1. The zero-order chi connectivity index (χ0) is 18.0. The van der Waals surface area contributed by atoms with Gasteiger partial charge in [0.25, 0.3) is 5.91 Å². The molecular formula is C16H10ClF2N3O2S. The Morgan fingerprint density at radius 3 is 2.64 bits per heavy atom. The van der Waals surface area contributed by atoms with Crippen molar-refractivity contribution in [2.75, 3.05) is 5.32 Å². The fourth-order valence-corrected chi connectivity index (χ4v) is 2.97. The molecule has 0 saturated carbocycles. The number of benzene rings is 2. The number of hydrogen-bond donors (Lipinski definition) is 1.